The molecule has 1 N–H and O–H groups in total. The second-order valence-corrected chi connectivity index (χ2v) is 8.73. The largest absolute Gasteiger partial charge is 0.497 e. The number of rotatable bonds is 8. The second kappa shape index (κ2) is 10.5. The van der Waals surface area contributed by atoms with E-state index in [1.165, 1.54) is 55.6 Å². The molecule has 0 radical (unpaired) electrons. The monoisotopic (exact) mass is 493 g/mol. The van der Waals surface area contributed by atoms with Crippen molar-refractivity contribution in [2.24, 2.45) is 0 Å². The number of benzene rings is 3. The molecule has 0 aliphatic rings. The first-order valence-corrected chi connectivity index (χ1v) is 11.4. The molecule has 3 aromatic rings. The maximum Gasteiger partial charge on any atom is 0.339 e. The Kier molecular flexibility index (Phi) is 7.48. The average Bonchev–Trinajstić information content (AvgIpc) is 2.83. The van der Waals surface area contributed by atoms with Gasteiger partial charge in [0.2, 0.25) is 0 Å². The van der Waals surface area contributed by atoms with Crippen molar-refractivity contribution in [1.29, 1.82) is 5.26 Å². The molecule has 3 rings (SSSR count). The zero-order chi connectivity index (χ0) is 25.6. The van der Waals surface area contributed by atoms with Crippen molar-refractivity contribution in [3.8, 4) is 17.6 Å². The van der Waals surface area contributed by atoms with Crippen molar-refractivity contribution in [2.75, 3.05) is 12.4 Å². The second-order valence-electron chi connectivity index (χ2n) is 7.19. The maximum atomic E-state index is 12.8. The number of ether oxygens (including phenoxy) is 1. The molecule has 0 unspecified atom stereocenters. The van der Waals surface area contributed by atoms with Crippen molar-refractivity contribution in [2.45, 2.75) is 11.8 Å². The van der Waals surface area contributed by atoms with E-state index in [-0.39, 0.29) is 38.9 Å². The predicted octanol–water partition coefficient (Wildman–Crippen LogP) is 4.23. The summed E-state index contributed by atoms with van der Waals surface area (Å²) in [6.07, 6.45) is 1.14. The lowest BCUT2D eigenvalue weighted by Gasteiger charge is -2.12. The van der Waals surface area contributed by atoms with Gasteiger partial charge in [-0.2, -0.15) is 13.7 Å². The fourth-order valence-electron chi connectivity index (χ4n) is 2.90. The number of nitro benzene ring substituents is 1. The summed E-state index contributed by atoms with van der Waals surface area (Å²) in [5.74, 6) is -0.729. The van der Waals surface area contributed by atoms with Gasteiger partial charge in [-0.15, -0.1) is 0 Å². The van der Waals surface area contributed by atoms with E-state index < -0.39 is 20.9 Å². The molecule has 0 aromatic heterocycles. The summed E-state index contributed by atoms with van der Waals surface area (Å²) in [5, 5.41) is 22.9. The van der Waals surface area contributed by atoms with Crippen LogP contribution in [0.3, 0.4) is 0 Å². The minimum absolute atomic E-state index is 0.0789. The summed E-state index contributed by atoms with van der Waals surface area (Å²) in [4.78, 5) is 22.9. The number of hydrogen-bond donors (Lipinski definition) is 1. The van der Waals surface area contributed by atoms with Crippen LogP contribution in [-0.2, 0) is 14.9 Å². The number of non-ortho nitro benzene ring substituents is 1. The number of carbonyl (C=O) groups excluding carboxylic acids is 1. The van der Waals surface area contributed by atoms with E-state index in [9.17, 15) is 28.6 Å². The van der Waals surface area contributed by atoms with Crippen molar-refractivity contribution in [3.05, 3.63) is 93.5 Å². The minimum Gasteiger partial charge on any atom is -0.497 e. The van der Waals surface area contributed by atoms with Crippen LogP contribution in [0.15, 0.2) is 77.2 Å². The van der Waals surface area contributed by atoms with Crippen LogP contribution >= 0.6 is 0 Å². The number of aryl methyl sites for hydroxylation is 1. The van der Waals surface area contributed by atoms with Crippen LogP contribution in [0.25, 0.3) is 6.08 Å². The topological polar surface area (TPSA) is 149 Å². The molecule has 0 bridgehead atoms. The normalized spacial score (nSPS) is 11.3. The summed E-state index contributed by atoms with van der Waals surface area (Å²) >= 11 is 0. The zero-order valence-corrected chi connectivity index (χ0v) is 19.4. The zero-order valence-electron chi connectivity index (χ0n) is 18.6. The maximum absolute atomic E-state index is 12.8. The third-order valence-corrected chi connectivity index (χ3v) is 5.96. The van der Waals surface area contributed by atoms with Gasteiger partial charge >= 0.3 is 10.1 Å². The molecule has 0 saturated carbocycles. The van der Waals surface area contributed by atoms with E-state index in [1.807, 2.05) is 6.92 Å². The lowest BCUT2D eigenvalue weighted by atomic mass is 10.1. The van der Waals surface area contributed by atoms with Gasteiger partial charge in [0, 0.05) is 29.4 Å². The van der Waals surface area contributed by atoms with Gasteiger partial charge in [0.25, 0.3) is 11.6 Å². The molecule has 0 heterocycles. The standard InChI is InChI=1S/C24H19N3O7S/c1-16-6-10-22(11-7-16)35(31,32)34-23-14-21(33-2)9-8-17(23)12-18(15-25)24(28)26-19-4-3-5-20(13-19)27(29)30/h3-14H,1-2H3,(H,26,28)/b18-12+. The fraction of sp³-hybridized carbons (Fsp3) is 0.0833. The van der Waals surface area contributed by atoms with Crippen molar-refractivity contribution in [3.63, 3.8) is 0 Å². The van der Waals surface area contributed by atoms with Crippen LogP contribution in [0, 0.1) is 28.4 Å². The molecule has 178 valence electrons. The number of amides is 1. The van der Waals surface area contributed by atoms with E-state index in [1.54, 1.807) is 18.2 Å². The van der Waals surface area contributed by atoms with Crippen molar-refractivity contribution in [1.82, 2.24) is 0 Å². The van der Waals surface area contributed by atoms with Gasteiger partial charge in [-0.05, 0) is 43.3 Å². The summed E-state index contributed by atoms with van der Waals surface area (Å²) in [7, 11) is -2.85. The Balaban J connectivity index is 1.95. The molecule has 0 spiro atoms. The third kappa shape index (κ3) is 6.21. The Hall–Kier alpha value is -4.69. The van der Waals surface area contributed by atoms with Crippen molar-refractivity contribution >= 4 is 33.5 Å². The molecule has 0 fully saturated rings. The van der Waals surface area contributed by atoms with Crippen LogP contribution in [-0.4, -0.2) is 26.4 Å². The Morgan fingerprint density at radius 3 is 2.46 bits per heavy atom. The first-order valence-electron chi connectivity index (χ1n) is 10.00. The molecule has 0 aliphatic carbocycles. The highest BCUT2D eigenvalue weighted by atomic mass is 32.2. The first kappa shape index (κ1) is 24.9. The van der Waals surface area contributed by atoms with Crippen molar-refractivity contribution < 1.29 is 27.1 Å². The molecule has 11 heteroatoms. The Bertz CT molecular complexity index is 1460. The number of hydrogen-bond acceptors (Lipinski definition) is 8. The number of nitriles is 1. The van der Waals surface area contributed by atoms with E-state index in [0.717, 1.165) is 17.7 Å². The number of carbonyl (C=O) groups is 1. The van der Waals surface area contributed by atoms with E-state index in [0.29, 0.717) is 0 Å². The summed E-state index contributed by atoms with van der Waals surface area (Å²) in [6, 6.07) is 17.2. The smallest absolute Gasteiger partial charge is 0.339 e. The van der Waals surface area contributed by atoms with Gasteiger partial charge < -0.3 is 14.2 Å². The lowest BCUT2D eigenvalue weighted by molar-refractivity contribution is -0.384. The highest BCUT2D eigenvalue weighted by molar-refractivity contribution is 7.87. The highest BCUT2D eigenvalue weighted by Gasteiger charge is 2.20. The average molecular weight is 493 g/mol. The van der Waals surface area contributed by atoms with Gasteiger partial charge in [0.15, 0.2) is 5.75 Å². The Labute approximate surface area is 201 Å². The van der Waals surface area contributed by atoms with Crippen LogP contribution in [0.2, 0.25) is 0 Å². The lowest BCUT2D eigenvalue weighted by Crippen LogP contribution is -2.14. The molecular weight excluding hydrogens is 474 g/mol. The quantitative estimate of drug-likeness (QED) is 0.161. The first-order chi connectivity index (χ1) is 16.6. The Morgan fingerprint density at radius 2 is 1.83 bits per heavy atom. The SMILES string of the molecule is COc1ccc(/C=C(\C#N)C(=O)Nc2cccc([N+](=O)[O-])c2)c(OS(=O)(=O)c2ccc(C)cc2)c1. The van der Waals surface area contributed by atoms with E-state index >= 15 is 0 Å². The summed E-state index contributed by atoms with van der Waals surface area (Å²) < 4.78 is 36.1. The molecule has 35 heavy (non-hydrogen) atoms. The molecule has 1 amide bonds. The van der Waals surface area contributed by atoms with Crippen LogP contribution in [0.5, 0.6) is 11.5 Å². The third-order valence-electron chi connectivity index (χ3n) is 4.71. The van der Waals surface area contributed by atoms with E-state index in [4.69, 9.17) is 8.92 Å². The van der Waals surface area contributed by atoms with Crippen LogP contribution < -0.4 is 14.2 Å². The molecule has 3 aromatic carbocycles. The number of nitrogens with one attached hydrogen (secondary N) is 1. The number of nitrogens with zero attached hydrogens (tertiary/aromatic N) is 2. The molecule has 0 saturated heterocycles. The van der Waals surface area contributed by atoms with Gasteiger partial charge in [-0.3, -0.25) is 14.9 Å². The predicted molar refractivity (Wildman–Crippen MR) is 127 cm³/mol. The van der Waals surface area contributed by atoms with Gasteiger partial charge in [0.05, 0.1) is 12.0 Å². The van der Waals surface area contributed by atoms with Crippen LogP contribution in [0.4, 0.5) is 11.4 Å². The number of nitro groups is 1. The highest BCUT2D eigenvalue weighted by Crippen LogP contribution is 2.30. The molecular formula is C24H19N3O7S. The fourth-order valence-corrected chi connectivity index (χ4v) is 3.85. The van der Waals surface area contributed by atoms with Gasteiger partial charge in [-0.1, -0.05) is 23.8 Å². The molecule has 0 atom stereocenters. The van der Waals surface area contributed by atoms with Gasteiger partial charge in [0.1, 0.15) is 22.3 Å². The number of methoxy groups -OCH3 is 1. The Morgan fingerprint density at radius 1 is 1.11 bits per heavy atom. The number of anilines is 1. The summed E-state index contributed by atoms with van der Waals surface area (Å²) in [5.41, 5.74) is 0.463. The van der Waals surface area contributed by atoms with E-state index in [2.05, 4.69) is 5.32 Å². The molecule has 10 nitrogen and oxygen atoms in total. The minimum atomic E-state index is -4.23. The summed E-state index contributed by atoms with van der Waals surface area (Å²) in [6.45, 7) is 1.81. The molecule has 0 aliphatic heterocycles. The van der Waals surface area contributed by atoms with Crippen LogP contribution in [0.1, 0.15) is 11.1 Å². The van der Waals surface area contributed by atoms with Gasteiger partial charge in [-0.25, -0.2) is 0 Å².